The van der Waals surface area contributed by atoms with E-state index >= 15 is 0 Å². The SMILES string of the molecule is COC(=O)Cc1nnc(-c2cccc(COc3ccc(Br)cc3)c2)o1. The molecule has 0 N–H and O–H groups in total. The zero-order chi connectivity index (χ0) is 17.6. The molecule has 7 heteroatoms. The smallest absolute Gasteiger partial charge is 0.315 e. The van der Waals surface area contributed by atoms with Gasteiger partial charge in [-0.1, -0.05) is 28.1 Å². The minimum absolute atomic E-state index is 0.0458. The third-order valence-electron chi connectivity index (χ3n) is 3.38. The van der Waals surface area contributed by atoms with Crippen molar-refractivity contribution >= 4 is 21.9 Å². The molecule has 0 aliphatic carbocycles. The first-order valence-corrected chi connectivity index (χ1v) is 8.30. The molecule has 0 saturated heterocycles. The monoisotopic (exact) mass is 402 g/mol. The van der Waals surface area contributed by atoms with Gasteiger partial charge in [0.2, 0.25) is 11.8 Å². The van der Waals surface area contributed by atoms with Crippen LogP contribution in [0, 0.1) is 0 Å². The van der Waals surface area contributed by atoms with Crippen molar-refractivity contribution in [2.45, 2.75) is 13.0 Å². The van der Waals surface area contributed by atoms with Crippen molar-refractivity contribution in [3.05, 3.63) is 64.5 Å². The van der Waals surface area contributed by atoms with Crippen LogP contribution in [-0.4, -0.2) is 23.3 Å². The fourth-order valence-corrected chi connectivity index (χ4v) is 2.39. The number of carbonyl (C=O) groups excluding carboxylic acids is 1. The molecule has 3 rings (SSSR count). The fraction of sp³-hybridized carbons (Fsp3) is 0.167. The fourth-order valence-electron chi connectivity index (χ4n) is 2.13. The van der Waals surface area contributed by atoms with E-state index in [1.165, 1.54) is 7.11 Å². The molecule has 0 unspecified atom stereocenters. The van der Waals surface area contributed by atoms with E-state index in [9.17, 15) is 4.79 Å². The Labute approximate surface area is 152 Å². The number of carbonyl (C=O) groups is 1. The van der Waals surface area contributed by atoms with E-state index in [-0.39, 0.29) is 12.3 Å². The summed E-state index contributed by atoms with van der Waals surface area (Å²) in [6.07, 6.45) is -0.0458. The molecule has 0 aliphatic heterocycles. The van der Waals surface area contributed by atoms with Crippen LogP contribution in [0.1, 0.15) is 11.5 Å². The van der Waals surface area contributed by atoms with Gasteiger partial charge in [0, 0.05) is 10.0 Å². The quantitative estimate of drug-likeness (QED) is 0.583. The van der Waals surface area contributed by atoms with Gasteiger partial charge in [-0.25, -0.2) is 0 Å². The maximum Gasteiger partial charge on any atom is 0.315 e. The number of ether oxygens (including phenoxy) is 2. The number of aromatic nitrogens is 2. The Hall–Kier alpha value is -2.67. The highest BCUT2D eigenvalue weighted by Crippen LogP contribution is 2.21. The highest BCUT2D eigenvalue weighted by atomic mass is 79.9. The van der Waals surface area contributed by atoms with Crippen molar-refractivity contribution in [3.63, 3.8) is 0 Å². The number of nitrogens with zero attached hydrogens (tertiary/aromatic N) is 2. The van der Waals surface area contributed by atoms with Crippen LogP contribution in [0.5, 0.6) is 5.75 Å². The number of hydrogen-bond acceptors (Lipinski definition) is 6. The maximum absolute atomic E-state index is 11.3. The highest BCUT2D eigenvalue weighted by molar-refractivity contribution is 9.10. The van der Waals surface area contributed by atoms with E-state index in [1.54, 1.807) is 0 Å². The summed E-state index contributed by atoms with van der Waals surface area (Å²) in [4.78, 5) is 11.3. The maximum atomic E-state index is 11.3. The molecule has 0 fully saturated rings. The summed E-state index contributed by atoms with van der Waals surface area (Å²) in [5, 5.41) is 7.83. The van der Waals surface area contributed by atoms with Crippen molar-refractivity contribution in [3.8, 4) is 17.2 Å². The Balaban J connectivity index is 1.68. The summed E-state index contributed by atoms with van der Waals surface area (Å²) in [6, 6.07) is 15.2. The second-order valence-electron chi connectivity index (χ2n) is 5.20. The Bertz CT molecular complexity index is 862. The van der Waals surface area contributed by atoms with Crippen molar-refractivity contribution in [2.75, 3.05) is 7.11 Å². The van der Waals surface area contributed by atoms with Gasteiger partial charge < -0.3 is 13.9 Å². The van der Waals surface area contributed by atoms with Crippen LogP contribution in [-0.2, 0) is 22.6 Å². The summed E-state index contributed by atoms with van der Waals surface area (Å²) in [7, 11) is 1.31. The van der Waals surface area contributed by atoms with Gasteiger partial charge in [-0.3, -0.25) is 4.79 Å². The summed E-state index contributed by atoms with van der Waals surface area (Å²) >= 11 is 3.39. The molecule has 0 atom stereocenters. The molecule has 0 bridgehead atoms. The van der Waals surface area contributed by atoms with Crippen molar-refractivity contribution in [1.82, 2.24) is 10.2 Å². The van der Waals surface area contributed by atoms with Gasteiger partial charge in [-0.05, 0) is 42.0 Å². The van der Waals surface area contributed by atoms with Gasteiger partial charge in [0.15, 0.2) is 0 Å². The molecule has 6 nitrogen and oxygen atoms in total. The molecular weight excluding hydrogens is 388 g/mol. The van der Waals surface area contributed by atoms with Gasteiger partial charge in [-0.15, -0.1) is 10.2 Å². The van der Waals surface area contributed by atoms with Gasteiger partial charge in [0.05, 0.1) is 7.11 Å². The molecule has 0 radical (unpaired) electrons. The summed E-state index contributed by atoms with van der Waals surface area (Å²) in [5.74, 6) is 0.932. The first kappa shape index (κ1) is 17.2. The Morgan fingerprint density at radius 3 is 2.72 bits per heavy atom. The van der Waals surface area contributed by atoms with E-state index in [0.717, 1.165) is 21.3 Å². The van der Waals surface area contributed by atoms with E-state index in [0.29, 0.717) is 12.5 Å². The number of halogens is 1. The van der Waals surface area contributed by atoms with E-state index in [1.807, 2.05) is 48.5 Å². The lowest BCUT2D eigenvalue weighted by atomic mass is 10.1. The first-order chi connectivity index (χ1) is 12.1. The summed E-state index contributed by atoms with van der Waals surface area (Å²) < 4.78 is 16.8. The van der Waals surface area contributed by atoms with Crippen LogP contribution in [0.3, 0.4) is 0 Å². The molecule has 1 heterocycles. The molecule has 0 amide bonds. The zero-order valence-corrected chi connectivity index (χ0v) is 15.0. The number of methoxy groups -OCH3 is 1. The van der Waals surface area contributed by atoms with Gasteiger partial charge in [0.25, 0.3) is 0 Å². The predicted octanol–water partition coefficient (Wildman–Crippen LogP) is 3.79. The third-order valence-corrected chi connectivity index (χ3v) is 3.91. The van der Waals surface area contributed by atoms with Gasteiger partial charge in [0.1, 0.15) is 18.8 Å². The van der Waals surface area contributed by atoms with Crippen LogP contribution in [0.4, 0.5) is 0 Å². The predicted molar refractivity (Wildman–Crippen MR) is 93.9 cm³/mol. The molecule has 3 aromatic rings. The molecular formula is C18H15BrN2O4. The minimum atomic E-state index is -0.424. The average molecular weight is 403 g/mol. The number of rotatable bonds is 6. The lowest BCUT2D eigenvalue weighted by Gasteiger charge is -2.07. The first-order valence-electron chi connectivity index (χ1n) is 7.51. The second kappa shape index (κ2) is 7.94. The van der Waals surface area contributed by atoms with Gasteiger partial charge >= 0.3 is 5.97 Å². The van der Waals surface area contributed by atoms with Crippen LogP contribution in [0.15, 0.2) is 57.4 Å². The molecule has 25 heavy (non-hydrogen) atoms. The second-order valence-corrected chi connectivity index (χ2v) is 6.11. The van der Waals surface area contributed by atoms with Crippen molar-refractivity contribution in [1.29, 1.82) is 0 Å². The molecule has 1 aromatic heterocycles. The molecule has 0 saturated carbocycles. The van der Waals surface area contributed by atoms with Gasteiger partial charge in [-0.2, -0.15) is 0 Å². The largest absolute Gasteiger partial charge is 0.489 e. The van der Waals surface area contributed by atoms with Crippen molar-refractivity contribution < 1.29 is 18.7 Å². The lowest BCUT2D eigenvalue weighted by Crippen LogP contribution is -2.04. The zero-order valence-electron chi connectivity index (χ0n) is 13.4. The summed E-state index contributed by atoms with van der Waals surface area (Å²) in [5.41, 5.74) is 1.73. The highest BCUT2D eigenvalue weighted by Gasteiger charge is 2.13. The Kier molecular flexibility index (Phi) is 5.45. The van der Waals surface area contributed by atoms with E-state index < -0.39 is 5.97 Å². The molecule has 0 spiro atoms. The molecule has 2 aromatic carbocycles. The third kappa shape index (κ3) is 4.67. The number of benzene rings is 2. The molecule has 128 valence electrons. The van der Waals surface area contributed by atoms with Crippen molar-refractivity contribution in [2.24, 2.45) is 0 Å². The van der Waals surface area contributed by atoms with E-state index in [2.05, 4.69) is 30.9 Å². The standard InChI is InChI=1S/C18H15BrN2O4/c1-23-17(22)10-16-20-21-18(25-16)13-4-2-3-12(9-13)11-24-15-7-5-14(19)6-8-15/h2-9H,10-11H2,1H3. The van der Waals surface area contributed by atoms with Crippen LogP contribution in [0.2, 0.25) is 0 Å². The van der Waals surface area contributed by atoms with E-state index in [4.69, 9.17) is 9.15 Å². The average Bonchev–Trinajstić information content (AvgIpc) is 3.10. The normalized spacial score (nSPS) is 10.5. The number of esters is 1. The Morgan fingerprint density at radius 1 is 1.16 bits per heavy atom. The minimum Gasteiger partial charge on any atom is -0.489 e. The van der Waals surface area contributed by atoms with Crippen LogP contribution in [0.25, 0.3) is 11.5 Å². The lowest BCUT2D eigenvalue weighted by molar-refractivity contribution is -0.140. The van der Waals surface area contributed by atoms with Crippen LogP contribution < -0.4 is 4.74 Å². The summed E-state index contributed by atoms with van der Waals surface area (Å²) in [6.45, 7) is 0.415. The van der Waals surface area contributed by atoms with Crippen LogP contribution >= 0.6 is 15.9 Å². The molecule has 0 aliphatic rings. The topological polar surface area (TPSA) is 74.5 Å². The Morgan fingerprint density at radius 2 is 1.96 bits per heavy atom. The number of hydrogen-bond donors (Lipinski definition) is 0.